The normalized spacial score (nSPS) is 11.3. The first-order valence-corrected chi connectivity index (χ1v) is 11.8. The zero-order valence-electron chi connectivity index (χ0n) is 18.3. The molecule has 1 amide bonds. The predicted molar refractivity (Wildman–Crippen MR) is 137 cm³/mol. The zero-order valence-corrected chi connectivity index (χ0v) is 19.1. The van der Waals surface area contributed by atoms with Crippen LogP contribution < -0.4 is 5.32 Å². The fourth-order valence-corrected chi connectivity index (χ4v) is 4.84. The highest BCUT2D eigenvalue weighted by molar-refractivity contribution is 7.13. The summed E-state index contributed by atoms with van der Waals surface area (Å²) in [5.74, 6) is -0.0401. The van der Waals surface area contributed by atoms with Crippen molar-refractivity contribution < 1.29 is 4.79 Å². The molecule has 34 heavy (non-hydrogen) atoms. The Morgan fingerprint density at radius 3 is 2.76 bits per heavy atom. The van der Waals surface area contributed by atoms with E-state index in [9.17, 15) is 4.79 Å². The number of rotatable bonds is 5. The number of hydrogen-bond donors (Lipinski definition) is 3. The molecule has 0 fully saturated rings. The molecule has 1 aromatic carbocycles. The van der Waals surface area contributed by atoms with Crippen molar-refractivity contribution in [2.45, 2.75) is 13.3 Å². The molecule has 0 aliphatic heterocycles. The van der Waals surface area contributed by atoms with Gasteiger partial charge in [-0.1, -0.05) is 19.1 Å². The van der Waals surface area contributed by atoms with Crippen molar-refractivity contribution in [2.75, 3.05) is 5.32 Å². The molecular formula is C26H20N6OS. The van der Waals surface area contributed by atoms with Crippen LogP contribution in [0, 0.1) is 0 Å². The number of nitrogens with zero attached hydrogens (tertiary/aromatic N) is 3. The molecule has 3 N–H and O–H groups in total. The third kappa shape index (κ3) is 3.54. The molecule has 8 heteroatoms. The lowest BCUT2D eigenvalue weighted by Crippen LogP contribution is -2.09. The van der Waals surface area contributed by atoms with Crippen molar-refractivity contribution in [1.29, 1.82) is 0 Å². The van der Waals surface area contributed by atoms with Crippen LogP contribution in [-0.4, -0.2) is 31.1 Å². The summed E-state index contributed by atoms with van der Waals surface area (Å²) < 4.78 is 0. The van der Waals surface area contributed by atoms with Crippen molar-refractivity contribution in [1.82, 2.24) is 25.1 Å². The lowest BCUT2D eigenvalue weighted by Gasteiger charge is -2.06. The standard InChI is InChI=1S/C26H20N6OS/c1-2-24(33)29-17-10-16(13-27-14-17)15-5-6-21-18(11-15)25(32-31-21)22-12-19-20(30-22)7-8-28-26(19)23-4-3-9-34-23/h3-14,30H,2H2,1H3,(H,29,33)(H,31,32). The number of benzene rings is 1. The van der Waals surface area contributed by atoms with Gasteiger partial charge in [-0.05, 0) is 47.3 Å². The molecule has 7 nitrogen and oxygen atoms in total. The van der Waals surface area contributed by atoms with E-state index in [1.54, 1.807) is 23.7 Å². The second-order valence-corrected chi connectivity index (χ2v) is 8.93. The van der Waals surface area contributed by atoms with E-state index in [0.29, 0.717) is 12.1 Å². The van der Waals surface area contributed by atoms with Gasteiger partial charge in [0, 0.05) is 40.7 Å². The van der Waals surface area contributed by atoms with Gasteiger partial charge in [-0.15, -0.1) is 11.3 Å². The van der Waals surface area contributed by atoms with Crippen LogP contribution in [0.4, 0.5) is 5.69 Å². The molecule has 0 radical (unpaired) electrons. The number of pyridine rings is 2. The number of thiophene rings is 1. The Balaban J connectivity index is 1.43. The Hall–Kier alpha value is -4.30. The summed E-state index contributed by atoms with van der Waals surface area (Å²) in [6, 6.07) is 16.3. The third-order valence-electron chi connectivity index (χ3n) is 5.80. The van der Waals surface area contributed by atoms with Gasteiger partial charge in [0.25, 0.3) is 0 Å². The average molecular weight is 465 g/mol. The topological polar surface area (TPSA) is 99.3 Å². The minimum atomic E-state index is -0.0401. The first-order chi connectivity index (χ1) is 16.7. The van der Waals surface area contributed by atoms with Crippen LogP contribution in [0.5, 0.6) is 0 Å². The zero-order chi connectivity index (χ0) is 23.1. The number of fused-ring (bicyclic) bond motifs is 2. The van der Waals surface area contributed by atoms with Crippen LogP contribution in [0.3, 0.4) is 0 Å². The number of aromatic amines is 2. The molecule has 0 bridgehead atoms. The van der Waals surface area contributed by atoms with Crippen LogP contribution in [0.1, 0.15) is 13.3 Å². The van der Waals surface area contributed by atoms with Crippen molar-refractivity contribution in [3.63, 3.8) is 0 Å². The van der Waals surface area contributed by atoms with E-state index in [1.807, 2.05) is 43.5 Å². The predicted octanol–water partition coefficient (Wildman–Crippen LogP) is 6.25. The average Bonchev–Trinajstić information content (AvgIpc) is 3.62. The van der Waals surface area contributed by atoms with Crippen LogP contribution in [0.25, 0.3) is 54.9 Å². The number of H-pyrrole nitrogens is 2. The monoisotopic (exact) mass is 464 g/mol. The van der Waals surface area contributed by atoms with Gasteiger partial charge in [0.1, 0.15) is 5.69 Å². The van der Waals surface area contributed by atoms with Crippen LogP contribution >= 0.6 is 11.3 Å². The number of carbonyl (C=O) groups excluding carboxylic acids is 1. The van der Waals surface area contributed by atoms with E-state index in [2.05, 4.69) is 54.0 Å². The molecule has 6 aromatic rings. The molecular weight excluding hydrogens is 444 g/mol. The lowest BCUT2D eigenvalue weighted by atomic mass is 10.0. The molecule has 5 aromatic heterocycles. The van der Waals surface area contributed by atoms with E-state index < -0.39 is 0 Å². The van der Waals surface area contributed by atoms with E-state index in [4.69, 9.17) is 0 Å². The highest BCUT2D eigenvalue weighted by Crippen LogP contribution is 2.35. The quantitative estimate of drug-likeness (QED) is 0.281. The number of nitrogens with one attached hydrogen (secondary N) is 3. The molecule has 0 saturated carbocycles. The Morgan fingerprint density at radius 1 is 1.00 bits per heavy atom. The number of amides is 1. The summed E-state index contributed by atoms with van der Waals surface area (Å²) in [6.45, 7) is 1.82. The van der Waals surface area contributed by atoms with Gasteiger partial charge >= 0.3 is 0 Å². The highest BCUT2D eigenvalue weighted by Gasteiger charge is 2.15. The summed E-state index contributed by atoms with van der Waals surface area (Å²) in [5.41, 5.74) is 7.28. The first kappa shape index (κ1) is 20.3. The fraction of sp³-hybridized carbons (Fsp3) is 0.0769. The Labute approximate surface area is 198 Å². The van der Waals surface area contributed by atoms with E-state index in [0.717, 1.165) is 54.9 Å². The molecule has 0 atom stereocenters. The molecule has 0 spiro atoms. The summed E-state index contributed by atoms with van der Waals surface area (Å²) in [6.07, 6.45) is 5.70. The molecule has 166 valence electrons. The van der Waals surface area contributed by atoms with Gasteiger partial charge < -0.3 is 10.3 Å². The number of carbonyl (C=O) groups is 1. The second kappa shape index (κ2) is 8.24. The van der Waals surface area contributed by atoms with Crippen LogP contribution in [0.15, 0.2) is 72.5 Å². The third-order valence-corrected chi connectivity index (χ3v) is 6.67. The first-order valence-electron chi connectivity index (χ1n) is 10.9. The number of hydrogen-bond acceptors (Lipinski definition) is 5. The van der Waals surface area contributed by atoms with Gasteiger partial charge in [0.15, 0.2) is 0 Å². The minimum Gasteiger partial charge on any atom is -0.353 e. The van der Waals surface area contributed by atoms with Gasteiger partial charge in [-0.2, -0.15) is 5.10 Å². The maximum absolute atomic E-state index is 11.8. The number of anilines is 1. The molecule has 0 aliphatic rings. The second-order valence-electron chi connectivity index (χ2n) is 7.98. The van der Waals surface area contributed by atoms with E-state index in [-0.39, 0.29) is 5.91 Å². The largest absolute Gasteiger partial charge is 0.353 e. The van der Waals surface area contributed by atoms with Crippen molar-refractivity contribution >= 4 is 44.7 Å². The SMILES string of the molecule is CCC(=O)Nc1cncc(-c2ccc3[nH]nc(-c4cc5c(-c6cccs6)nccc5[nH]4)c3c2)c1. The molecule has 0 aliphatic carbocycles. The van der Waals surface area contributed by atoms with Gasteiger partial charge in [0.2, 0.25) is 5.91 Å². The highest BCUT2D eigenvalue weighted by atomic mass is 32.1. The molecule has 0 unspecified atom stereocenters. The Bertz CT molecular complexity index is 1650. The molecule has 0 saturated heterocycles. The van der Waals surface area contributed by atoms with Crippen LogP contribution in [0.2, 0.25) is 0 Å². The van der Waals surface area contributed by atoms with Crippen LogP contribution in [-0.2, 0) is 4.79 Å². The van der Waals surface area contributed by atoms with E-state index in [1.165, 1.54) is 0 Å². The van der Waals surface area contributed by atoms with Gasteiger partial charge in [0.05, 0.1) is 33.7 Å². The van der Waals surface area contributed by atoms with E-state index >= 15 is 0 Å². The summed E-state index contributed by atoms with van der Waals surface area (Å²) in [7, 11) is 0. The molecule has 6 rings (SSSR count). The Morgan fingerprint density at radius 2 is 1.91 bits per heavy atom. The smallest absolute Gasteiger partial charge is 0.224 e. The number of aromatic nitrogens is 5. The van der Waals surface area contributed by atoms with Crippen molar-refractivity contribution in [3.05, 3.63) is 72.5 Å². The maximum Gasteiger partial charge on any atom is 0.224 e. The fourth-order valence-electron chi connectivity index (χ4n) is 4.11. The molecule has 5 heterocycles. The summed E-state index contributed by atoms with van der Waals surface area (Å²) in [5, 5.41) is 14.7. The minimum absolute atomic E-state index is 0.0401. The summed E-state index contributed by atoms with van der Waals surface area (Å²) in [4.78, 5) is 25.4. The Kier molecular flexibility index (Phi) is 4.92. The van der Waals surface area contributed by atoms with Gasteiger partial charge in [-0.3, -0.25) is 19.9 Å². The maximum atomic E-state index is 11.8. The van der Waals surface area contributed by atoms with Crippen molar-refractivity contribution in [2.24, 2.45) is 0 Å². The lowest BCUT2D eigenvalue weighted by molar-refractivity contribution is -0.115. The van der Waals surface area contributed by atoms with Gasteiger partial charge in [-0.25, -0.2) is 0 Å². The van der Waals surface area contributed by atoms with Crippen molar-refractivity contribution in [3.8, 4) is 33.1 Å². The summed E-state index contributed by atoms with van der Waals surface area (Å²) >= 11 is 1.68.